The Labute approximate surface area is 185 Å². The van der Waals surface area contributed by atoms with E-state index in [1.807, 2.05) is 18.2 Å². The van der Waals surface area contributed by atoms with Crippen molar-refractivity contribution in [1.29, 1.82) is 0 Å². The van der Waals surface area contributed by atoms with Gasteiger partial charge in [0.1, 0.15) is 16.5 Å². The Bertz CT molecular complexity index is 851. The van der Waals surface area contributed by atoms with Crippen LogP contribution < -0.4 is 15.2 Å². The number of rotatable bonds is 6. The van der Waals surface area contributed by atoms with E-state index >= 15 is 0 Å². The second kappa shape index (κ2) is 8.57. The summed E-state index contributed by atoms with van der Waals surface area (Å²) in [5.41, 5.74) is 9.14. The Morgan fingerprint density at radius 1 is 1.23 bits per heavy atom. The van der Waals surface area contributed by atoms with Gasteiger partial charge in [-0.25, -0.2) is 0 Å². The molecule has 0 radical (unpaired) electrons. The molecule has 0 saturated heterocycles. The summed E-state index contributed by atoms with van der Waals surface area (Å²) in [5.74, 6) is 2.39. The smallest absolute Gasteiger partial charge is 0.141 e. The fourth-order valence-corrected chi connectivity index (χ4v) is 5.76. The predicted molar refractivity (Wildman–Crippen MR) is 121 cm³/mol. The Morgan fingerprint density at radius 3 is 2.77 bits per heavy atom. The molecule has 4 nitrogen and oxygen atoms in total. The molecule has 0 spiro atoms. The van der Waals surface area contributed by atoms with Crippen molar-refractivity contribution in [3.05, 3.63) is 46.5 Å². The summed E-state index contributed by atoms with van der Waals surface area (Å²) in [7, 11) is 1.62. The first-order valence-electron chi connectivity index (χ1n) is 11.1. The molecule has 3 N–H and O–H groups in total. The molecule has 4 atom stereocenters. The van der Waals surface area contributed by atoms with E-state index in [0.29, 0.717) is 35.0 Å². The van der Waals surface area contributed by atoms with Crippen molar-refractivity contribution in [2.75, 3.05) is 20.3 Å². The number of fused-ring (bicyclic) bond motifs is 1. The lowest BCUT2D eigenvalue weighted by molar-refractivity contribution is 0.178. The Morgan fingerprint density at radius 2 is 2.03 bits per heavy atom. The van der Waals surface area contributed by atoms with Gasteiger partial charge >= 0.3 is 0 Å². The highest BCUT2D eigenvalue weighted by Gasteiger charge is 2.44. The largest absolute Gasteiger partial charge is 0.495 e. The molecule has 0 aromatic heterocycles. The fraction of sp³-hybridized carbons (Fsp3) is 0.600. The molecule has 5 heteroatoms. The Balaban J connectivity index is 1.37. The van der Waals surface area contributed by atoms with Gasteiger partial charge in [0.05, 0.1) is 20.3 Å². The summed E-state index contributed by atoms with van der Waals surface area (Å²) in [6, 6.07) is 5.65. The summed E-state index contributed by atoms with van der Waals surface area (Å²) in [5, 5.41) is 10.2. The van der Waals surface area contributed by atoms with E-state index in [0.717, 1.165) is 44.9 Å². The van der Waals surface area contributed by atoms with E-state index in [4.69, 9.17) is 26.8 Å². The number of aliphatic hydroxyl groups excluding tert-OH is 1. The van der Waals surface area contributed by atoms with Crippen molar-refractivity contribution in [1.82, 2.24) is 0 Å². The van der Waals surface area contributed by atoms with Crippen molar-refractivity contribution in [3.8, 4) is 11.5 Å². The van der Waals surface area contributed by atoms with Crippen LogP contribution in [-0.4, -0.2) is 31.0 Å². The molecule has 0 heterocycles. The number of hydrogen-bond donors (Lipinski definition) is 2. The predicted octanol–water partition coefficient (Wildman–Crippen LogP) is 5.28. The van der Waals surface area contributed by atoms with Crippen molar-refractivity contribution in [3.63, 3.8) is 0 Å². The van der Waals surface area contributed by atoms with Crippen LogP contribution in [0.25, 0.3) is 0 Å². The van der Waals surface area contributed by atoms with E-state index in [-0.39, 0.29) is 17.6 Å². The highest BCUT2D eigenvalue weighted by molar-refractivity contribution is 6.33. The fourth-order valence-electron chi connectivity index (χ4n) is 5.50. The molecule has 2 saturated carbocycles. The number of methoxy groups -OCH3 is 1. The Kier molecular flexibility index (Phi) is 6.20. The highest BCUT2D eigenvalue weighted by atomic mass is 35.5. The SMILES string of the molecule is COc1cccc(OC[C@@H]2CCC3=CC(C)([C@H]4CC[C@](N)(CO)C4)CC=C3C2)c1Cl. The maximum absolute atomic E-state index is 9.64. The van der Waals surface area contributed by atoms with E-state index < -0.39 is 0 Å². The third-order valence-corrected chi connectivity index (χ3v) is 7.92. The van der Waals surface area contributed by atoms with Crippen LogP contribution in [0.3, 0.4) is 0 Å². The number of nitrogens with two attached hydrogens (primary N) is 1. The van der Waals surface area contributed by atoms with Crippen LogP contribution in [0.2, 0.25) is 5.02 Å². The van der Waals surface area contributed by atoms with Crippen molar-refractivity contribution < 1.29 is 14.6 Å². The lowest BCUT2D eigenvalue weighted by atomic mass is 9.66. The molecule has 0 aliphatic heterocycles. The minimum atomic E-state index is -0.382. The minimum absolute atomic E-state index is 0.0935. The number of halogens is 1. The maximum atomic E-state index is 9.64. The van der Waals surface area contributed by atoms with Gasteiger partial charge in [-0.05, 0) is 85.5 Å². The second-order valence-corrected chi connectivity index (χ2v) is 10.1. The lowest BCUT2D eigenvalue weighted by Gasteiger charge is -2.39. The van der Waals surface area contributed by atoms with Crippen molar-refractivity contribution >= 4 is 11.6 Å². The van der Waals surface area contributed by atoms with Crippen LogP contribution in [-0.2, 0) is 0 Å². The standard InChI is InChI=1S/C25H34ClNO3/c1-24(20-9-11-25(27,14-20)16-28)10-8-18-12-17(6-7-19(18)13-24)15-30-22-5-3-4-21(29-2)23(22)26/h3-5,8,13,17,20,28H,6-7,9-12,14-16,27H2,1-2H3/t17-,20+,24?,25-/m1/s1. The zero-order chi connectivity index (χ0) is 21.4. The quantitative estimate of drug-likeness (QED) is 0.643. The zero-order valence-electron chi connectivity index (χ0n) is 18.1. The number of benzene rings is 1. The average Bonchev–Trinajstić information content (AvgIpc) is 3.17. The molecular formula is C25H34ClNO3. The third-order valence-electron chi connectivity index (χ3n) is 7.55. The number of hydrogen-bond acceptors (Lipinski definition) is 4. The molecular weight excluding hydrogens is 398 g/mol. The van der Waals surface area contributed by atoms with E-state index in [9.17, 15) is 5.11 Å². The molecule has 4 rings (SSSR count). The van der Waals surface area contributed by atoms with Crippen LogP contribution in [0.4, 0.5) is 0 Å². The van der Waals surface area contributed by atoms with Crippen molar-refractivity contribution in [2.24, 2.45) is 23.0 Å². The van der Waals surface area contributed by atoms with Crippen LogP contribution in [0.15, 0.2) is 41.5 Å². The van der Waals surface area contributed by atoms with E-state index in [2.05, 4.69) is 19.1 Å². The normalized spacial score (nSPS) is 33.5. The Hall–Kier alpha value is -1.49. The molecule has 164 valence electrons. The summed E-state index contributed by atoms with van der Waals surface area (Å²) in [4.78, 5) is 0. The lowest BCUT2D eigenvalue weighted by Crippen LogP contribution is -2.42. The molecule has 0 amide bonds. The summed E-state index contributed by atoms with van der Waals surface area (Å²) >= 11 is 6.37. The van der Waals surface area contributed by atoms with Gasteiger partial charge in [0, 0.05) is 5.54 Å². The van der Waals surface area contributed by atoms with Gasteiger partial charge in [0.15, 0.2) is 0 Å². The van der Waals surface area contributed by atoms with Crippen LogP contribution in [0.5, 0.6) is 11.5 Å². The van der Waals surface area contributed by atoms with Crippen LogP contribution >= 0.6 is 11.6 Å². The first-order chi connectivity index (χ1) is 14.4. The first kappa shape index (κ1) is 21.7. The second-order valence-electron chi connectivity index (χ2n) is 9.76. The van der Waals surface area contributed by atoms with Gasteiger partial charge < -0.3 is 20.3 Å². The van der Waals surface area contributed by atoms with E-state index in [1.54, 1.807) is 7.11 Å². The molecule has 0 bridgehead atoms. The first-order valence-corrected chi connectivity index (χ1v) is 11.5. The number of aliphatic hydroxyl groups is 1. The number of ether oxygens (including phenoxy) is 2. The van der Waals surface area contributed by atoms with Gasteiger partial charge in [0.25, 0.3) is 0 Å². The summed E-state index contributed by atoms with van der Waals surface area (Å²) < 4.78 is 11.3. The van der Waals surface area contributed by atoms with Gasteiger partial charge in [-0.1, -0.05) is 36.7 Å². The number of allylic oxidation sites excluding steroid dienone is 4. The molecule has 1 aromatic rings. The maximum Gasteiger partial charge on any atom is 0.141 e. The highest BCUT2D eigenvalue weighted by Crippen LogP contribution is 2.51. The van der Waals surface area contributed by atoms with Crippen LogP contribution in [0.1, 0.15) is 51.9 Å². The minimum Gasteiger partial charge on any atom is -0.495 e. The van der Waals surface area contributed by atoms with Gasteiger partial charge in [-0.2, -0.15) is 0 Å². The molecule has 3 aliphatic carbocycles. The van der Waals surface area contributed by atoms with Crippen molar-refractivity contribution in [2.45, 2.75) is 57.4 Å². The molecule has 2 fully saturated rings. The topological polar surface area (TPSA) is 64.7 Å². The molecule has 30 heavy (non-hydrogen) atoms. The van der Waals surface area contributed by atoms with Gasteiger partial charge in [0.2, 0.25) is 0 Å². The van der Waals surface area contributed by atoms with E-state index in [1.165, 1.54) is 11.1 Å². The average molecular weight is 432 g/mol. The molecule has 3 aliphatic rings. The van der Waals surface area contributed by atoms with Crippen LogP contribution in [0, 0.1) is 17.3 Å². The molecule has 1 unspecified atom stereocenters. The van der Waals surface area contributed by atoms with Gasteiger partial charge in [-0.3, -0.25) is 0 Å². The summed E-state index contributed by atoms with van der Waals surface area (Å²) in [6.07, 6.45) is 12.3. The summed E-state index contributed by atoms with van der Waals surface area (Å²) in [6.45, 7) is 3.14. The zero-order valence-corrected chi connectivity index (χ0v) is 18.9. The molecule has 1 aromatic carbocycles. The monoisotopic (exact) mass is 431 g/mol. The van der Waals surface area contributed by atoms with Gasteiger partial charge in [-0.15, -0.1) is 0 Å². The third kappa shape index (κ3) is 4.28.